The van der Waals surface area contributed by atoms with Crippen LogP contribution in [0.3, 0.4) is 0 Å². The third-order valence-corrected chi connectivity index (χ3v) is 3.62. The molecule has 0 saturated carbocycles. The Balaban J connectivity index is 2.08. The molecule has 110 valence electrons. The molecule has 0 aliphatic carbocycles. The van der Waals surface area contributed by atoms with E-state index >= 15 is 0 Å². The molecular formula is C16H18ClN3O. The Labute approximate surface area is 129 Å². The second-order valence-corrected chi connectivity index (χ2v) is 5.23. The van der Waals surface area contributed by atoms with Crippen LogP contribution < -0.4 is 11.1 Å². The van der Waals surface area contributed by atoms with Gasteiger partial charge in [0.05, 0.1) is 0 Å². The molecule has 0 heterocycles. The standard InChI is InChI=1S/C16H18ClN3O/c1-11(12-6-8-14(17)9-7-12)19-10-13-4-2-3-5-15(13)16(18)20-21/h2-9,11,19,21H,10H2,1H3,(H2,18,20)/t11-/m0/s1. The van der Waals surface area contributed by atoms with E-state index in [1.165, 1.54) is 0 Å². The summed E-state index contributed by atoms with van der Waals surface area (Å²) in [6.07, 6.45) is 0. The number of halogens is 1. The minimum atomic E-state index is 0.117. The number of nitrogens with zero attached hydrogens (tertiary/aromatic N) is 1. The zero-order valence-corrected chi connectivity index (χ0v) is 12.5. The number of amidine groups is 1. The quantitative estimate of drug-likeness (QED) is 0.343. The van der Waals surface area contributed by atoms with Gasteiger partial charge in [0.25, 0.3) is 0 Å². The zero-order valence-electron chi connectivity index (χ0n) is 11.8. The monoisotopic (exact) mass is 303 g/mol. The highest BCUT2D eigenvalue weighted by Gasteiger charge is 2.09. The average molecular weight is 304 g/mol. The van der Waals surface area contributed by atoms with Crippen LogP contribution in [0.15, 0.2) is 53.7 Å². The van der Waals surface area contributed by atoms with Crippen molar-refractivity contribution in [3.63, 3.8) is 0 Å². The molecule has 0 aliphatic heterocycles. The Bertz CT molecular complexity index is 626. The van der Waals surface area contributed by atoms with Gasteiger partial charge in [-0.25, -0.2) is 0 Å². The van der Waals surface area contributed by atoms with Gasteiger partial charge >= 0.3 is 0 Å². The summed E-state index contributed by atoms with van der Waals surface area (Å²) in [5.41, 5.74) is 8.55. The molecule has 4 nitrogen and oxygen atoms in total. The van der Waals surface area contributed by atoms with Gasteiger partial charge < -0.3 is 16.3 Å². The van der Waals surface area contributed by atoms with Crippen LogP contribution >= 0.6 is 11.6 Å². The van der Waals surface area contributed by atoms with E-state index in [1.807, 2.05) is 48.5 Å². The lowest BCUT2D eigenvalue weighted by molar-refractivity contribution is 0.318. The van der Waals surface area contributed by atoms with Crippen molar-refractivity contribution < 1.29 is 5.21 Å². The van der Waals surface area contributed by atoms with Crippen molar-refractivity contribution in [1.82, 2.24) is 5.32 Å². The normalized spacial score (nSPS) is 13.1. The number of nitrogens with one attached hydrogen (secondary N) is 1. The van der Waals surface area contributed by atoms with Gasteiger partial charge in [0.1, 0.15) is 0 Å². The largest absolute Gasteiger partial charge is 0.409 e. The molecule has 5 heteroatoms. The van der Waals surface area contributed by atoms with Gasteiger partial charge in [-0.05, 0) is 30.2 Å². The number of hydrogen-bond donors (Lipinski definition) is 3. The van der Waals surface area contributed by atoms with E-state index in [4.69, 9.17) is 22.5 Å². The lowest BCUT2D eigenvalue weighted by atomic mass is 10.0. The minimum Gasteiger partial charge on any atom is -0.409 e. The van der Waals surface area contributed by atoms with Crippen molar-refractivity contribution in [2.75, 3.05) is 0 Å². The van der Waals surface area contributed by atoms with Crippen LogP contribution in [-0.4, -0.2) is 11.0 Å². The van der Waals surface area contributed by atoms with Gasteiger partial charge in [0, 0.05) is 23.2 Å². The van der Waals surface area contributed by atoms with E-state index in [0.717, 1.165) is 21.7 Å². The number of hydrogen-bond acceptors (Lipinski definition) is 3. The molecule has 0 amide bonds. The lowest BCUT2D eigenvalue weighted by Crippen LogP contribution is -2.22. The molecule has 2 aromatic rings. The first-order valence-electron chi connectivity index (χ1n) is 6.66. The number of oxime groups is 1. The maximum Gasteiger partial charge on any atom is 0.170 e. The molecule has 2 rings (SSSR count). The van der Waals surface area contributed by atoms with Crippen molar-refractivity contribution in [2.24, 2.45) is 10.9 Å². The van der Waals surface area contributed by atoms with Crippen molar-refractivity contribution >= 4 is 17.4 Å². The molecule has 0 fully saturated rings. The van der Waals surface area contributed by atoms with E-state index in [-0.39, 0.29) is 11.9 Å². The van der Waals surface area contributed by atoms with Crippen molar-refractivity contribution in [3.8, 4) is 0 Å². The summed E-state index contributed by atoms with van der Waals surface area (Å²) >= 11 is 5.89. The van der Waals surface area contributed by atoms with Gasteiger partial charge in [0.15, 0.2) is 5.84 Å². The molecule has 0 aromatic heterocycles. The number of benzene rings is 2. The molecule has 0 saturated heterocycles. The summed E-state index contributed by atoms with van der Waals surface area (Å²) in [6, 6.07) is 15.5. The first-order chi connectivity index (χ1) is 10.1. The first-order valence-corrected chi connectivity index (χ1v) is 7.04. The molecule has 0 spiro atoms. The summed E-state index contributed by atoms with van der Waals surface area (Å²) in [7, 11) is 0. The van der Waals surface area contributed by atoms with Crippen LogP contribution in [0.2, 0.25) is 5.02 Å². The predicted molar refractivity (Wildman–Crippen MR) is 85.7 cm³/mol. The van der Waals surface area contributed by atoms with Crippen LogP contribution in [0.25, 0.3) is 0 Å². The number of nitrogens with two attached hydrogens (primary N) is 1. The van der Waals surface area contributed by atoms with Gasteiger partial charge in [-0.3, -0.25) is 0 Å². The Morgan fingerprint density at radius 1 is 1.24 bits per heavy atom. The molecule has 2 aromatic carbocycles. The fraction of sp³-hybridized carbons (Fsp3) is 0.188. The molecule has 0 bridgehead atoms. The maximum atomic E-state index is 8.82. The average Bonchev–Trinajstić information content (AvgIpc) is 2.52. The van der Waals surface area contributed by atoms with Crippen LogP contribution in [0.4, 0.5) is 0 Å². The molecule has 0 aliphatic rings. The SMILES string of the molecule is C[C@H](NCc1ccccc1/C(N)=N/O)c1ccc(Cl)cc1. The first kappa shape index (κ1) is 15.4. The van der Waals surface area contributed by atoms with Crippen LogP contribution in [0.5, 0.6) is 0 Å². The van der Waals surface area contributed by atoms with Gasteiger partial charge in [-0.2, -0.15) is 0 Å². The highest BCUT2D eigenvalue weighted by molar-refractivity contribution is 6.30. The summed E-state index contributed by atoms with van der Waals surface area (Å²) < 4.78 is 0. The highest BCUT2D eigenvalue weighted by atomic mass is 35.5. The topological polar surface area (TPSA) is 70.6 Å². The summed E-state index contributed by atoms with van der Waals surface area (Å²) in [5, 5.41) is 16.0. The third-order valence-electron chi connectivity index (χ3n) is 3.37. The van der Waals surface area contributed by atoms with E-state index in [0.29, 0.717) is 6.54 Å². The van der Waals surface area contributed by atoms with Crippen molar-refractivity contribution in [3.05, 3.63) is 70.2 Å². The van der Waals surface area contributed by atoms with Gasteiger partial charge in [-0.15, -0.1) is 0 Å². The summed E-state index contributed by atoms with van der Waals surface area (Å²) in [5.74, 6) is 0.117. The van der Waals surface area contributed by atoms with E-state index in [1.54, 1.807) is 0 Å². The Kier molecular flexibility index (Phi) is 5.20. The Morgan fingerprint density at radius 3 is 2.57 bits per heavy atom. The second-order valence-electron chi connectivity index (χ2n) is 4.80. The van der Waals surface area contributed by atoms with E-state index < -0.39 is 0 Å². The summed E-state index contributed by atoms with van der Waals surface area (Å²) in [4.78, 5) is 0. The molecule has 0 radical (unpaired) electrons. The minimum absolute atomic E-state index is 0.117. The molecular weight excluding hydrogens is 286 g/mol. The molecule has 1 atom stereocenters. The predicted octanol–water partition coefficient (Wildman–Crippen LogP) is 3.29. The van der Waals surface area contributed by atoms with Crippen molar-refractivity contribution in [1.29, 1.82) is 0 Å². The van der Waals surface area contributed by atoms with Crippen LogP contribution in [0.1, 0.15) is 29.7 Å². The van der Waals surface area contributed by atoms with E-state index in [2.05, 4.69) is 17.4 Å². The third kappa shape index (κ3) is 3.97. The van der Waals surface area contributed by atoms with E-state index in [9.17, 15) is 0 Å². The molecule has 4 N–H and O–H groups in total. The lowest BCUT2D eigenvalue weighted by Gasteiger charge is -2.16. The highest BCUT2D eigenvalue weighted by Crippen LogP contribution is 2.17. The van der Waals surface area contributed by atoms with Gasteiger partial charge in [-0.1, -0.05) is 53.2 Å². The Morgan fingerprint density at radius 2 is 1.90 bits per heavy atom. The van der Waals surface area contributed by atoms with Crippen LogP contribution in [-0.2, 0) is 6.54 Å². The fourth-order valence-corrected chi connectivity index (χ4v) is 2.24. The maximum absolute atomic E-state index is 8.82. The fourth-order valence-electron chi connectivity index (χ4n) is 2.11. The molecule has 21 heavy (non-hydrogen) atoms. The van der Waals surface area contributed by atoms with Gasteiger partial charge in [0.2, 0.25) is 0 Å². The summed E-state index contributed by atoms with van der Waals surface area (Å²) in [6.45, 7) is 2.70. The Hall–Kier alpha value is -2.04. The van der Waals surface area contributed by atoms with Crippen LogP contribution in [0, 0.1) is 0 Å². The second kappa shape index (κ2) is 7.11. The smallest absolute Gasteiger partial charge is 0.170 e. The molecule has 0 unspecified atom stereocenters. The zero-order chi connectivity index (χ0) is 15.2. The van der Waals surface area contributed by atoms with Crippen molar-refractivity contribution in [2.45, 2.75) is 19.5 Å². The number of rotatable bonds is 5.